The number of rotatable bonds is 3. The van der Waals surface area contributed by atoms with Gasteiger partial charge in [-0.15, -0.1) is 0 Å². The van der Waals surface area contributed by atoms with Gasteiger partial charge in [0.2, 0.25) is 5.91 Å². The number of anilines is 1. The molecule has 2 aromatic rings. The number of nitrogens with one attached hydrogen (secondary N) is 2. The Morgan fingerprint density at radius 2 is 1.92 bits per heavy atom. The van der Waals surface area contributed by atoms with Crippen molar-refractivity contribution in [2.75, 3.05) is 5.32 Å². The van der Waals surface area contributed by atoms with Crippen molar-refractivity contribution < 1.29 is 4.79 Å². The normalized spacial score (nSPS) is 13.9. The highest BCUT2D eigenvalue weighted by Gasteiger charge is 2.19. The molecule has 122 valence electrons. The summed E-state index contributed by atoms with van der Waals surface area (Å²) >= 11 is 12.1. The standard InChI is InChI=1S/C18H15Cl2N3O/c1-10-14-9-15(20)16(8-12(14)6-7-22-10)23-18(24)17(21)11-2-4-13(19)5-3-11/h2-9,17,22H,1,21H2,(H,23,24). The first-order chi connectivity index (χ1) is 11.5. The second-order valence-corrected chi connectivity index (χ2v) is 6.24. The largest absolute Gasteiger partial charge is 0.362 e. The molecule has 0 radical (unpaired) electrons. The van der Waals surface area contributed by atoms with Gasteiger partial charge in [0.25, 0.3) is 0 Å². The minimum absolute atomic E-state index is 0.351. The molecule has 0 aliphatic carbocycles. The van der Waals surface area contributed by atoms with Crippen molar-refractivity contribution in [1.82, 2.24) is 5.32 Å². The fourth-order valence-corrected chi connectivity index (χ4v) is 2.76. The van der Waals surface area contributed by atoms with Gasteiger partial charge in [-0.1, -0.05) is 41.9 Å². The molecule has 1 heterocycles. The van der Waals surface area contributed by atoms with Crippen LogP contribution in [0.15, 0.2) is 49.2 Å². The summed E-state index contributed by atoms with van der Waals surface area (Å²) in [6.07, 6.45) is 3.67. The summed E-state index contributed by atoms with van der Waals surface area (Å²) in [4.78, 5) is 12.4. The van der Waals surface area contributed by atoms with E-state index in [0.29, 0.717) is 21.3 Å². The van der Waals surface area contributed by atoms with E-state index in [4.69, 9.17) is 28.9 Å². The van der Waals surface area contributed by atoms with E-state index in [-0.39, 0.29) is 5.91 Å². The molecule has 1 aliphatic rings. The van der Waals surface area contributed by atoms with Crippen molar-refractivity contribution in [1.29, 1.82) is 0 Å². The molecule has 4 nitrogen and oxygen atoms in total. The second-order valence-electron chi connectivity index (χ2n) is 5.39. The van der Waals surface area contributed by atoms with E-state index in [1.807, 2.05) is 6.08 Å². The zero-order valence-electron chi connectivity index (χ0n) is 12.6. The fourth-order valence-electron chi connectivity index (χ4n) is 2.43. The predicted molar refractivity (Wildman–Crippen MR) is 99.7 cm³/mol. The number of carbonyl (C=O) groups is 1. The Hall–Kier alpha value is -2.27. The Labute approximate surface area is 150 Å². The Morgan fingerprint density at radius 3 is 2.62 bits per heavy atom. The monoisotopic (exact) mass is 359 g/mol. The third kappa shape index (κ3) is 3.31. The molecule has 0 saturated heterocycles. The van der Waals surface area contributed by atoms with Crippen molar-refractivity contribution in [3.8, 4) is 0 Å². The van der Waals surface area contributed by atoms with Crippen molar-refractivity contribution in [3.63, 3.8) is 0 Å². The highest BCUT2D eigenvalue weighted by molar-refractivity contribution is 6.34. The SMILES string of the molecule is C=C1NC=Cc2cc(NC(=O)C(N)c3ccc(Cl)cc3)c(Cl)cc21. The van der Waals surface area contributed by atoms with Crippen LogP contribution in [0.25, 0.3) is 11.8 Å². The van der Waals surface area contributed by atoms with Crippen molar-refractivity contribution >= 4 is 46.6 Å². The van der Waals surface area contributed by atoms with E-state index in [9.17, 15) is 4.79 Å². The van der Waals surface area contributed by atoms with Crippen LogP contribution in [0.4, 0.5) is 5.69 Å². The molecule has 24 heavy (non-hydrogen) atoms. The molecule has 0 fully saturated rings. The number of hydrogen-bond acceptors (Lipinski definition) is 3. The first-order valence-electron chi connectivity index (χ1n) is 7.23. The highest BCUT2D eigenvalue weighted by Crippen LogP contribution is 2.32. The van der Waals surface area contributed by atoms with Crippen LogP contribution in [-0.4, -0.2) is 5.91 Å². The van der Waals surface area contributed by atoms with Crippen molar-refractivity contribution in [2.45, 2.75) is 6.04 Å². The number of amides is 1. The van der Waals surface area contributed by atoms with Crippen LogP contribution in [0.2, 0.25) is 10.0 Å². The molecule has 1 aliphatic heterocycles. The van der Waals surface area contributed by atoms with Crippen LogP contribution in [0.1, 0.15) is 22.7 Å². The minimum atomic E-state index is -0.818. The van der Waals surface area contributed by atoms with Crippen LogP contribution in [0.3, 0.4) is 0 Å². The lowest BCUT2D eigenvalue weighted by Crippen LogP contribution is -2.28. The molecule has 1 amide bonds. The van der Waals surface area contributed by atoms with Gasteiger partial charge in [0.1, 0.15) is 6.04 Å². The first kappa shape index (κ1) is 16.6. The Balaban J connectivity index is 1.83. The van der Waals surface area contributed by atoms with Crippen LogP contribution >= 0.6 is 23.2 Å². The summed E-state index contributed by atoms with van der Waals surface area (Å²) in [7, 11) is 0. The van der Waals surface area contributed by atoms with Gasteiger partial charge in [-0.3, -0.25) is 4.79 Å². The molecule has 0 bridgehead atoms. The fraction of sp³-hybridized carbons (Fsp3) is 0.0556. The minimum Gasteiger partial charge on any atom is -0.362 e. The third-order valence-corrected chi connectivity index (χ3v) is 4.32. The Kier molecular flexibility index (Phi) is 4.62. The Bertz CT molecular complexity index is 844. The third-order valence-electron chi connectivity index (χ3n) is 3.75. The maximum Gasteiger partial charge on any atom is 0.245 e. The second kappa shape index (κ2) is 6.69. The summed E-state index contributed by atoms with van der Waals surface area (Å²) in [5.74, 6) is -0.351. The van der Waals surface area contributed by atoms with E-state index in [2.05, 4.69) is 17.2 Å². The smallest absolute Gasteiger partial charge is 0.245 e. The average Bonchev–Trinajstić information content (AvgIpc) is 2.56. The van der Waals surface area contributed by atoms with E-state index in [0.717, 1.165) is 16.8 Å². The molecule has 0 saturated carbocycles. The first-order valence-corrected chi connectivity index (χ1v) is 7.99. The van der Waals surface area contributed by atoms with Gasteiger partial charge in [-0.2, -0.15) is 0 Å². The van der Waals surface area contributed by atoms with Gasteiger partial charge in [0.05, 0.1) is 10.7 Å². The summed E-state index contributed by atoms with van der Waals surface area (Å²) in [6, 6.07) is 9.57. The molecule has 0 aromatic heterocycles. The van der Waals surface area contributed by atoms with E-state index in [1.54, 1.807) is 42.6 Å². The lowest BCUT2D eigenvalue weighted by Gasteiger charge is -2.18. The highest BCUT2D eigenvalue weighted by atomic mass is 35.5. The number of carbonyl (C=O) groups excluding carboxylic acids is 1. The topological polar surface area (TPSA) is 67.1 Å². The van der Waals surface area contributed by atoms with E-state index >= 15 is 0 Å². The van der Waals surface area contributed by atoms with Crippen LogP contribution < -0.4 is 16.4 Å². The zero-order valence-corrected chi connectivity index (χ0v) is 14.2. The van der Waals surface area contributed by atoms with E-state index < -0.39 is 6.04 Å². The Morgan fingerprint density at radius 1 is 1.21 bits per heavy atom. The van der Waals surface area contributed by atoms with Crippen LogP contribution in [-0.2, 0) is 4.79 Å². The molecule has 3 rings (SSSR count). The van der Waals surface area contributed by atoms with Gasteiger partial charge in [0, 0.05) is 22.5 Å². The maximum atomic E-state index is 12.4. The summed E-state index contributed by atoms with van der Waals surface area (Å²) in [5.41, 5.74) is 9.75. The molecule has 0 spiro atoms. The van der Waals surface area contributed by atoms with Crippen LogP contribution in [0.5, 0.6) is 0 Å². The summed E-state index contributed by atoms with van der Waals surface area (Å²) in [6.45, 7) is 3.92. The number of fused-ring (bicyclic) bond motifs is 1. The molecule has 1 unspecified atom stereocenters. The van der Waals surface area contributed by atoms with Crippen molar-refractivity contribution in [2.24, 2.45) is 5.73 Å². The lowest BCUT2D eigenvalue weighted by molar-refractivity contribution is -0.117. The molecule has 6 heteroatoms. The quantitative estimate of drug-likeness (QED) is 0.769. The molecule has 4 N–H and O–H groups in total. The molecular formula is C18H15Cl2N3O. The van der Waals surface area contributed by atoms with Gasteiger partial charge in [-0.25, -0.2) is 0 Å². The van der Waals surface area contributed by atoms with Gasteiger partial charge < -0.3 is 16.4 Å². The molecule has 2 aromatic carbocycles. The molecular weight excluding hydrogens is 345 g/mol. The number of halogens is 2. The van der Waals surface area contributed by atoms with Gasteiger partial charge in [0.15, 0.2) is 0 Å². The lowest BCUT2D eigenvalue weighted by atomic mass is 10.0. The molecule has 1 atom stereocenters. The number of nitrogens with two attached hydrogens (primary N) is 1. The predicted octanol–water partition coefficient (Wildman–Crippen LogP) is 4.18. The number of hydrogen-bond donors (Lipinski definition) is 3. The van der Waals surface area contributed by atoms with Crippen molar-refractivity contribution in [3.05, 3.63) is 75.9 Å². The van der Waals surface area contributed by atoms with Crippen LogP contribution in [0, 0.1) is 0 Å². The van der Waals surface area contributed by atoms with E-state index in [1.165, 1.54) is 0 Å². The summed E-state index contributed by atoms with van der Waals surface area (Å²) < 4.78 is 0. The average molecular weight is 360 g/mol. The number of benzene rings is 2. The van der Waals surface area contributed by atoms with Gasteiger partial charge in [-0.05, 0) is 41.5 Å². The zero-order chi connectivity index (χ0) is 17.3. The summed E-state index contributed by atoms with van der Waals surface area (Å²) in [5, 5.41) is 6.80. The van der Waals surface area contributed by atoms with Gasteiger partial charge >= 0.3 is 0 Å². The maximum absolute atomic E-state index is 12.4.